The van der Waals surface area contributed by atoms with Crippen LogP contribution in [0.25, 0.3) is 0 Å². The summed E-state index contributed by atoms with van der Waals surface area (Å²) in [7, 11) is 0. The number of benzene rings is 1. The Balaban J connectivity index is 2.82. The van der Waals surface area contributed by atoms with Crippen molar-refractivity contribution in [3.8, 4) is 11.3 Å². The number of aliphatic hydroxyl groups is 1. The molecule has 1 aromatic carbocycles. The van der Waals surface area contributed by atoms with Gasteiger partial charge in [-0.2, -0.15) is 0 Å². The van der Waals surface area contributed by atoms with E-state index in [9.17, 15) is 5.11 Å². The first kappa shape index (κ1) is 8.13. The predicted octanol–water partition coefficient (Wildman–Crippen LogP) is 1.92. The molecule has 1 nitrogen and oxygen atoms in total. The average Bonchev–Trinajstić information content (AvgIpc) is 2.07. The minimum atomic E-state index is -0.770. The zero-order valence-electron chi connectivity index (χ0n) is 5.79. The molecule has 0 aliphatic rings. The molecule has 0 radical (unpaired) electrons. The van der Waals surface area contributed by atoms with Crippen molar-refractivity contribution in [2.45, 2.75) is 6.10 Å². The van der Waals surface area contributed by atoms with Gasteiger partial charge in [0.25, 0.3) is 0 Å². The Hall–Kier alpha value is -0.970. The summed E-state index contributed by atoms with van der Waals surface area (Å²) in [6.07, 6.45) is -0.770. The molecule has 56 valence electrons. The summed E-state index contributed by atoms with van der Waals surface area (Å²) in [5.74, 6) is 2.43. The molecule has 0 aliphatic heterocycles. The minimum Gasteiger partial charge on any atom is -0.376 e. The largest absolute Gasteiger partial charge is 0.376 e. The molecule has 0 fully saturated rings. The smallest absolute Gasteiger partial charge is 0.141 e. The molecule has 0 amide bonds. The van der Waals surface area contributed by atoms with Crippen LogP contribution in [0.1, 0.15) is 11.7 Å². The van der Waals surface area contributed by atoms with Crippen molar-refractivity contribution in [1.29, 1.82) is 0 Å². The van der Waals surface area contributed by atoms with Gasteiger partial charge in [0, 0.05) is 5.38 Å². The van der Waals surface area contributed by atoms with Gasteiger partial charge in [-0.15, -0.1) is 0 Å². The Kier molecular flexibility index (Phi) is 2.97. The highest BCUT2D eigenvalue weighted by molar-refractivity contribution is 6.30. The maximum absolute atomic E-state index is 9.26. The molecule has 0 saturated carbocycles. The lowest BCUT2D eigenvalue weighted by molar-refractivity contribution is 0.238. The van der Waals surface area contributed by atoms with E-state index in [-0.39, 0.29) is 0 Å². The monoisotopic (exact) mass is 166 g/mol. The third-order valence-electron chi connectivity index (χ3n) is 1.31. The standard InChI is InChI=1S/C9H7ClO/c10-7-6-9(11)8-4-2-1-3-5-8/h1-5,9,11H. The maximum atomic E-state index is 9.26. The van der Waals surface area contributed by atoms with E-state index in [1.807, 2.05) is 18.2 Å². The van der Waals surface area contributed by atoms with Crippen LogP contribution in [0.4, 0.5) is 0 Å². The van der Waals surface area contributed by atoms with Gasteiger partial charge in [-0.1, -0.05) is 30.3 Å². The Morgan fingerprint density at radius 3 is 2.45 bits per heavy atom. The van der Waals surface area contributed by atoms with Gasteiger partial charge in [0.2, 0.25) is 0 Å². The van der Waals surface area contributed by atoms with Crippen LogP contribution in [-0.2, 0) is 0 Å². The molecule has 0 aliphatic carbocycles. The first-order valence-electron chi connectivity index (χ1n) is 3.19. The van der Waals surface area contributed by atoms with Crippen LogP contribution < -0.4 is 0 Å². The highest BCUT2D eigenvalue weighted by Crippen LogP contribution is 2.09. The normalized spacial score (nSPS) is 11.5. The fourth-order valence-electron chi connectivity index (χ4n) is 0.770. The van der Waals surface area contributed by atoms with Crippen molar-refractivity contribution >= 4 is 11.6 Å². The topological polar surface area (TPSA) is 20.2 Å². The van der Waals surface area contributed by atoms with Crippen molar-refractivity contribution in [2.24, 2.45) is 0 Å². The molecule has 0 bridgehead atoms. The fraction of sp³-hybridized carbons (Fsp3) is 0.111. The number of halogens is 1. The molecule has 1 atom stereocenters. The van der Waals surface area contributed by atoms with Gasteiger partial charge < -0.3 is 5.11 Å². The molecule has 2 heteroatoms. The van der Waals surface area contributed by atoms with Gasteiger partial charge in [-0.3, -0.25) is 0 Å². The van der Waals surface area contributed by atoms with Gasteiger partial charge >= 0.3 is 0 Å². The van der Waals surface area contributed by atoms with E-state index in [2.05, 4.69) is 11.3 Å². The second-order valence-corrected chi connectivity index (χ2v) is 2.24. The lowest BCUT2D eigenvalue weighted by atomic mass is 10.1. The predicted molar refractivity (Wildman–Crippen MR) is 45.0 cm³/mol. The zero-order valence-corrected chi connectivity index (χ0v) is 6.55. The van der Waals surface area contributed by atoms with Crippen molar-refractivity contribution < 1.29 is 5.11 Å². The lowest BCUT2D eigenvalue weighted by Crippen LogP contribution is -1.91. The van der Waals surface area contributed by atoms with Gasteiger partial charge in [-0.05, 0) is 23.1 Å². The van der Waals surface area contributed by atoms with Gasteiger partial charge in [0.1, 0.15) is 6.10 Å². The first-order valence-corrected chi connectivity index (χ1v) is 3.56. The summed E-state index contributed by atoms with van der Waals surface area (Å²) < 4.78 is 0. The van der Waals surface area contributed by atoms with E-state index in [1.54, 1.807) is 12.1 Å². The highest BCUT2D eigenvalue weighted by Gasteiger charge is 1.99. The van der Waals surface area contributed by atoms with Crippen molar-refractivity contribution in [2.75, 3.05) is 0 Å². The number of hydrogen-bond acceptors (Lipinski definition) is 1. The van der Waals surface area contributed by atoms with Crippen LogP contribution in [0.3, 0.4) is 0 Å². The number of hydrogen-bond donors (Lipinski definition) is 1. The second-order valence-electron chi connectivity index (χ2n) is 2.05. The molecule has 1 unspecified atom stereocenters. The Morgan fingerprint density at radius 1 is 1.27 bits per heavy atom. The van der Waals surface area contributed by atoms with Crippen molar-refractivity contribution in [3.63, 3.8) is 0 Å². The highest BCUT2D eigenvalue weighted by atomic mass is 35.5. The number of aliphatic hydroxyl groups excluding tert-OH is 1. The summed E-state index contributed by atoms with van der Waals surface area (Å²) in [5.41, 5.74) is 0.764. The van der Waals surface area contributed by atoms with Crippen LogP contribution in [0.5, 0.6) is 0 Å². The van der Waals surface area contributed by atoms with E-state index in [0.29, 0.717) is 0 Å². The molecule has 0 heterocycles. The van der Waals surface area contributed by atoms with Gasteiger partial charge in [-0.25, -0.2) is 0 Å². The van der Waals surface area contributed by atoms with E-state index in [0.717, 1.165) is 5.56 Å². The zero-order chi connectivity index (χ0) is 8.10. The molecular formula is C9H7ClO. The van der Waals surface area contributed by atoms with Gasteiger partial charge in [0.05, 0.1) is 0 Å². The molecule has 1 aromatic rings. The van der Waals surface area contributed by atoms with Crippen LogP contribution in [0, 0.1) is 11.3 Å². The van der Waals surface area contributed by atoms with Crippen LogP contribution >= 0.6 is 11.6 Å². The maximum Gasteiger partial charge on any atom is 0.141 e. The SMILES string of the molecule is OC(C#CCl)c1ccccc1. The Labute approximate surface area is 70.6 Å². The molecule has 1 N–H and O–H groups in total. The molecular weight excluding hydrogens is 160 g/mol. The average molecular weight is 167 g/mol. The summed E-state index contributed by atoms with van der Waals surface area (Å²) in [4.78, 5) is 0. The third kappa shape index (κ3) is 2.27. The van der Waals surface area contributed by atoms with Crippen molar-refractivity contribution in [1.82, 2.24) is 0 Å². The van der Waals surface area contributed by atoms with E-state index < -0.39 is 6.10 Å². The lowest BCUT2D eigenvalue weighted by Gasteiger charge is -2.00. The Morgan fingerprint density at radius 2 is 1.91 bits per heavy atom. The summed E-state index contributed by atoms with van der Waals surface area (Å²) in [6, 6.07) is 9.16. The summed E-state index contributed by atoms with van der Waals surface area (Å²) in [6.45, 7) is 0. The van der Waals surface area contributed by atoms with E-state index in [1.165, 1.54) is 0 Å². The Bertz CT molecular complexity index is 271. The second kappa shape index (κ2) is 4.02. The van der Waals surface area contributed by atoms with Crippen LogP contribution in [0.15, 0.2) is 30.3 Å². The quantitative estimate of drug-likeness (QED) is 0.632. The van der Waals surface area contributed by atoms with Crippen LogP contribution in [-0.4, -0.2) is 5.11 Å². The van der Waals surface area contributed by atoms with E-state index in [4.69, 9.17) is 11.6 Å². The molecule has 0 aromatic heterocycles. The molecule has 11 heavy (non-hydrogen) atoms. The molecule has 0 spiro atoms. The summed E-state index contributed by atoms with van der Waals surface area (Å²) in [5, 5.41) is 11.4. The number of rotatable bonds is 1. The molecule has 0 saturated heterocycles. The third-order valence-corrected chi connectivity index (χ3v) is 1.42. The fourth-order valence-corrected chi connectivity index (χ4v) is 0.874. The first-order chi connectivity index (χ1) is 5.34. The van der Waals surface area contributed by atoms with Gasteiger partial charge in [0.15, 0.2) is 0 Å². The summed E-state index contributed by atoms with van der Waals surface area (Å²) >= 11 is 5.13. The molecule has 1 rings (SSSR count). The van der Waals surface area contributed by atoms with E-state index >= 15 is 0 Å². The van der Waals surface area contributed by atoms with Crippen LogP contribution in [0.2, 0.25) is 0 Å². The van der Waals surface area contributed by atoms with Crippen molar-refractivity contribution in [3.05, 3.63) is 35.9 Å². The minimum absolute atomic E-state index is 0.764.